The molecular formula is C17H21BrN2O. The van der Waals surface area contributed by atoms with Gasteiger partial charge >= 0.3 is 0 Å². The van der Waals surface area contributed by atoms with Crippen molar-refractivity contribution in [3.8, 4) is 11.6 Å². The van der Waals surface area contributed by atoms with Crippen LogP contribution in [0.4, 0.5) is 0 Å². The number of para-hydroxylation sites is 1. The van der Waals surface area contributed by atoms with Gasteiger partial charge in [0.25, 0.3) is 0 Å². The Morgan fingerprint density at radius 2 is 1.76 bits per heavy atom. The summed E-state index contributed by atoms with van der Waals surface area (Å²) in [5.41, 5.74) is 1.17. The van der Waals surface area contributed by atoms with E-state index in [9.17, 15) is 0 Å². The van der Waals surface area contributed by atoms with Crippen LogP contribution in [0.25, 0.3) is 0 Å². The van der Waals surface area contributed by atoms with E-state index < -0.39 is 0 Å². The van der Waals surface area contributed by atoms with Gasteiger partial charge in [-0.15, -0.1) is 0 Å². The minimum atomic E-state index is 0.0156. The summed E-state index contributed by atoms with van der Waals surface area (Å²) in [5, 5.41) is 0. The van der Waals surface area contributed by atoms with Crippen LogP contribution >= 0.6 is 15.9 Å². The zero-order valence-electron chi connectivity index (χ0n) is 13.1. The van der Waals surface area contributed by atoms with Crippen LogP contribution in [0.15, 0.2) is 34.9 Å². The smallest absolute Gasteiger partial charge is 0.223 e. The highest BCUT2D eigenvalue weighted by Gasteiger charge is 2.19. The first-order valence-corrected chi connectivity index (χ1v) is 7.88. The van der Waals surface area contributed by atoms with Crippen LogP contribution in [0.5, 0.6) is 11.6 Å². The molecule has 0 atom stereocenters. The molecule has 2 aromatic rings. The average Bonchev–Trinajstić information content (AvgIpc) is 2.37. The molecule has 1 heterocycles. The molecule has 4 heteroatoms. The van der Waals surface area contributed by atoms with Gasteiger partial charge in [-0.25, -0.2) is 4.98 Å². The van der Waals surface area contributed by atoms with Gasteiger partial charge in [-0.3, -0.25) is 0 Å². The summed E-state index contributed by atoms with van der Waals surface area (Å²) in [7, 11) is 0. The molecule has 1 aromatic heterocycles. The lowest BCUT2D eigenvalue weighted by Crippen LogP contribution is -2.12. The first kappa shape index (κ1) is 16.0. The molecule has 0 aliphatic rings. The number of hydrogen-bond acceptors (Lipinski definition) is 3. The molecule has 0 aliphatic heterocycles. The summed E-state index contributed by atoms with van der Waals surface area (Å²) in [5.74, 6) is 2.43. The molecule has 0 spiro atoms. The lowest BCUT2D eigenvalue weighted by Gasteiger charge is -2.22. The van der Waals surface area contributed by atoms with Crippen molar-refractivity contribution in [3.05, 3.63) is 46.3 Å². The summed E-state index contributed by atoms with van der Waals surface area (Å²) in [6.07, 6.45) is 0. The Morgan fingerprint density at radius 3 is 2.38 bits per heavy atom. The summed E-state index contributed by atoms with van der Waals surface area (Å²) < 4.78 is 6.77. The molecule has 2 rings (SSSR count). The second kappa shape index (κ2) is 6.14. The summed E-state index contributed by atoms with van der Waals surface area (Å²) in [6, 6.07) is 9.87. The quantitative estimate of drug-likeness (QED) is 0.691. The third kappa shape index (κ3) is 4.03. The van der Waals surface area contributed by atoms with Crippen molar-refractivity contribution in [1.82, 2.24) is 9.97 Å². The standard InChI is InChI=1S/C17H21BrN2O/c1-11(2)16-19-14(18)10-15(20-16)21-13-9-7-6-8-12(13)17(3,4)5/h6-11H,1-5H3. The highest BCUT2D eigenvalue weighted by Crippen LogP contribution is 2.34. The minimum Gasteiger partial charge on any atom is -0.439 e. The van der Waals surface area contributed by atoms with E-state index in [0.717, 1.165) is 21.7 Å². The molecule has 0 bridgehead atoms. The van der Waals surface area contributed by atoms with Gasteiger partial charge in [-0.05, 0) is 27.4 Å². The third-order valence-electron chi connectivity index (χ3n) is 3.11. The molecular weight excluding hydrogens is 328 g/mol. The number of hydrogen-bond donors (Lipinski definition) is 0. The first-order chi connectivity index (χ1) is 9.77. The molecule has 1 aromatic carbocycles. The van der Waals surface area contributed by atoms with Crippen LogP contribution < -0.4 is 4.74 Å². The van der Waals surface area contributed by atoms with E-state index in [4.69, 9.17) is 4.74 Å². The summed E-state index contributed by atoms with van der Waals surface area (Å²) >= 11 is 3.42. The van der Waals surface area contributed by atoms with Crippen LogP contribution in [0, 0.1) is 0 Å². The average molecular weight is 349 g/mol. The van der Waals surface area contributed by atoms with Crippen LogP contribution in [0.1, 0.15) is 51.9 Å². The van der Waals surface area contributed by atoms with Gasteiger partial charge in [0, 0.05) is 17.5 Å². The number of rotatable bonds is 3. The predicted octanol–water partition coefficient (Wildman–Crippen LogP) is 5.45. The van der Waals surface area contributed by atoms with Crippen molar-refractivity contribution in [1.29, 1.82) is 0 Å². The third-order valence-corrected chi connectivity index (χ3v) is 3.52. The van der Waals surface area contributed by atoms with Gasteiger partial charge in [0.15, 0.2) is 0 Å². The van der Waals surface area contributed by atoms with Gasteiger partial charge in [0.05, 0.1) is 0 Å². The van der Waals surface area contributed by atoms with Gasteiger partial charge in [0.1, 0.15) is 16.2 Å². The Labute approximate surface area is 134 Å². The van der Waals surface area contributed by atoms with Crippen molar-refractivity contribution in [2.24, 2.45) is 0 Å². The SMILES string of the molecule is CC(C)c1nc(Br)cc(Oc2ccccc2C(C)(C)C)n1. The maximum atomic E-state index is 6.03. The van der Waals surface area contributed by atoms with Crippen molar-refractivity contribution in [2.45, 2.75) is 46.0 Å². The monoisotopic (exact) mass is 348 g/mol. The summed E-state index contributed by atoms with van der Waals surface area (Å²) in [4.78, 5) is 8.86. The Bertz CT molecular complexity index is 633. The van der Waals surface area contributed by atoms with Gasteiger partial charge in [-0.2, -0.15) is 4.98 Å². The highest BCUT2D eigenvalue weighted by atomic mass is 79.9. The normalized spacial score (nSPS) is 11.8. The zero-order chi connectivity index (χ0) is 15.6. The maximum Gasteiger partial charge on any atom is 0.223 e. The maximum absolute atomic E-state index is 6.03. The molecule has 112 valence electrons. The van der Waals surface area contributed by atoms with E-state index in [2.05, 4.69) is 66.6 Å². The molecule has 0 fully saturated rings. The van der Waals surface area contributed by atoms with E-state index in [0.29, 0.717) is 5.88 Å². The van der Waals surface area contributed by atoms with E-state index >= 15 is 0 Å². The number of ether oxygens (including phenoxy) is 1. The Morgan fingerprint density at radius 1 is 1.10 bits per heavy atom. The minimum absolute atomic E-state index is 0.0156. The largest absolute Gasteiger partial charge is 0.439 e. The predicted molar refractivity (Wildman–Crippen MR) is 89.0 cm³/mol. The molecule has 0 radical (unpaired) electrons. The Kier molecular flexibility index (Phi) is 4.67. The van der Waals surface area contributed by atoms with Crippen LogP contribution in [-0.4, -0.2) is 9.97 Å². The lowest BCUT2D eigenvalue weighted by atomic mass is 9.86. The van der Waals surface area contributed by atoms with E-state index in [1.165, 1.54) is 0 Å². The number of benzene rings is 1. The van der Waals surface area contributed by atoms with Gasteiger partial charge < -0.3 is 4.74 Å². The molecule has 0 N–H and O–H groups in total. The van der Waals surface area contributed by atoms with Crippen LogP contribution in [0.2, 0.25) is 0 Å². The topological polar surface area (TPSA) is 35.0 Å². The zero-order valence-corrected chi connectivity index (χ0v) is 14.7. The van der Waals surface area contributed by atoms with Crippen LogP contribution in [-0.2, 0) is 5.41 Å². The molecule has 0 aliphatic carbocycles. The molecule has 0 saturated carbocycles. The number of nitrogens with zero attached hydrogens (tertiary/aromatic N) is 2. The fourth-order valence-electron chi connectivity index (χ4n) is 2.01. The summed E-state index contributed by atoms with van der Waals surface area (Å²) in [6.45, 7) is 10.6. The highest BCUT2D eigenvalue weighted by molar-refractivity contribution is 9.10. The van der Waals surface area contributed by atoms with Crippen molar-refractivity contribution < 1.29 is 4.74 Å². The molecule has 0 saturated heterocycles. The molecule has 0 unspecified atom stereocenters. The first-order valence-electron chi connectivity index (χ1n) is 7.09. The van der Waals surface area contributed by atoms with Gasteiger partial charge in [-0.1, -0.05) is 52.8 Å². The lowest BCUT2D eigenvalue weighted by molar-refractivity contribution is 0.434. The number of aromatic nitrogens is 2. The second-order valence-electron chi connectivity index (χ2n) is 6.39. The van der Waals surface area contributed by atoms with Crippen molar-refractivity contribution >= 4 is 15.9 Å². The number of halogens is 1. The van der Waals surface area contributed by atoms with Crippen LogP contribution in [0.3, 0.4) is 0 Å². The van der Waals surface area contributed by atoms with E-state index in [1.54, 1.807) is 6.07 Å². The molecule has 3 nitrogen and oxygen atoms in total. The molecule has 21 heavy (non-hydrogen) atoms. The fraction of sp³-hybridized carbons (Fsp3) is 0.412. The van der Waals surface area contributed by atoms with Crippen molar-refractivity contribution in [2.75, 3.05) is 0 Å². The second-order valence-corrected chi connectivity index (χ2v) is 7.20. The fourth-order valence-corrected chi connectivity index (χ4v) is 2.39. The molecule has 0 amide bonds. The van der Waals surface area contributed by atoms with Gasteiger partial charge in [0.2, 0.25) is 5.88 Å². The Balaban J connectivity index is 2.39. The van der Waals surface area contributed by atoms with E-state index in [1.807, 2.05) is 18.2 Å². The Hall–Kier alpha value is -1.42. The van der Waals surface area contributed by atoms with E-state index in [-0.39, 0.29) is 11.3 Å². The van der Waals surface area contributed by atoms with Crippen molar-refractivity contribution in [3.63, 3.8) is 0 Å².